The fourth-order valence-electron chi connectivity index (χ4n) is 1.89. The van der Waals surface area contributed by atoms with Gasteiger partial charge in [-0.2, -0.15) is 0 Å². The van der Waals surface area contributed by atoms with Crippen LogP contribution in [0.3, 0.4) is 0 Å². The molecule has 2 N–H and O–H groups in total. The molecule has 0 spiro atoms. The van der Waals surface area contributed by atoms with Gasteiger partial charge in [-0.1, -0.05) is 6.07 Å². The van der Waals surface area contributed by atoms with Crippen LogP contribution in [-0.4, -0.2) is 25.4 Å². The molecular formula is C11H15NO2. The van der Waals surface area contributed by atoms with Gasteiger partial charge < -0.3 is 15.2 Å². The average molecular weight is 193 g/mol. The van der Waals surface area contributed by atoms with Crippen LogP contribution in [0.5, 0.6) is 5.75 Å². The summed E-state index contributed by atoms with van der Waals surface area (Å²) in [6.45, 7) is 1.92. The largest absolute Gasteiger partial charge is 0.497 e. The highest BCUT2D eigenvalue weighted by atomic mass is 16.5. The summed E-state index contributed by atoms with van der Waals surface area (Å²) in [5.74, 6) is 1.07. The molecule has 0 radical (unpaired) electrons. The molecule has 3 heteroatoms. The molecule has 1 aliphatic heterocycles. The number of hydrogen-bond donors (Lipinski definition) is 2. The third-order valence-corrected chi connectivity index (χ3v) is 2.72. The summed E-state index contributed by atoms with van der Waals surface area (Å²) in [4.78, 5) is 0. The van der Waals surface area contributed by atoms with Crippen molar-refractivity contribution < 1.29 is 9.84 Å². The maximum Gasteiger partial charge on any atom is 0.119 e. The van der Waals surface area contributed by atoms with Gasteiger partial charge in [0.25, 0.3) is 0 Å². The van der Waals surface area contributed by atoms with Crippen molar-refractivity contribution in [3.8, 4) is 5.75 Å². The Morgan fingerprint density at radius 1 is 1.57 bits per heavy atom. The van der Waals surface area contributed by atoms with Gasteiger partial charge in [-0.15, -0.1) is 0 Å². The molecule has 0 aliphatic carbocycles. The highest BCUT2D eigenvalue weighted by Crippen LogP contribution is 2.27. The number of aliphatic hydroxyl groups is 1. The lowest BCUT2D eigenvalue weighted by Gasteiger charge is -2.25. The SMILES string of the molecule is COc1ccc2c(c1)C(CO)CNC2. The number of rotatable bonds is 2. The first-order valence-electron chi connectivity index (χ1n) is 4.83. The quantitative estimate of drug-likeness (QED) is 0.732. The molecule has 1 aliphatic rings. The Labute approximate surface area is 83.7 Å². The van der Waals surface area contributed by atoms with E-state index in [2.05, 4.69) is 11.4 Å². The molecule has 0 saturated carbocycles. The molecule has 1 atom stereocenters. The molecule has 3 nitrogen and oxygen atoms in total. The van der Waals surface area contributed by atoms with E-state index in [0.717, 1.165) is 18.8 Å². The number of hydrogen-bond acceptors (Lipinski definition) is 3. The topological polar surface area (TPSA) is 41.5 Å². The van der Waals surface area contributed by atoms with E-state index in [1.54, 1.807) is 7.11 Å². The molecule has 0 amide bonds. The van der Waals surface area contributed by atoms with Gasteiger partial charge in [-0.3, -0.25) is 0 Å². The van der Waals surface area contributed by atoms with Crippen LogP contribution in [0.4, 0.5) is 0 Å². The molecule has 0 saturated heterocycles. The van der Waals surface area contributed by atoms with Crippen molar-refractivity contribution in [2.75, 3.05) is 20.3 Å². The second kappa shape index (κ2) is 3.98. The number of ether oxygens (including phenoxy) is 1. The van der Waals surface area contributed by atoms with Crippen molar-refractivity contribution in [3.63, 3.8) is 0 Å². The molecule has 1 heterocycles. The van der Waals surface area contributed by atoms with E-state index in [4.69, 9.17) is 4.74 Å². The molecule has 0 fully saturated rings. The predicted octanol–water partition coefficient (Wildman–Crippen LogP) is 0.874. The molecule has 2 rings (SSSR count). The summed E-state index contributed by atoms with van der Waals surface area (Å²) >= 11 is 0. The van der Waals surface area contributed by atoms with Crippen molar-refractivity contribution in [2.24, 2.45) is 0 Å². The normalized spacial score (nSPS) is 20.3. The minimum Gasteiger partial charge on any atom is -0.497 e. The Balaban J connectivity index is 2.38. The van der Waals surface area contributed by atoms with Gasteiger partial charge in [-0.25, -0.2) is 0 Å². The monoisotopic (exact) mass is 193 g/mol. The van der Waals surface area contributed by atoms with Gasteiger partial charge in [0, 0.05) is 19.0 Å². The zero-order valence-electron chi connectivity index (χ0n) is 8.29. The number of aliphatic hydroxyl groups excluding tert-OH is 1. The van der Waals surface area contributed by atoms with Gasteiger partial charge in [0.15, 0.2) is 0 Å². The maximum absolute atomic E-state index is 9.22. The van der Waals surface area contributed by atoms with Crippen LogP contribution < -0.4 is 10.1 Å². The number of methoxy groups -OCH3 is 1. The Morgan fingerprint density at radius 3 is 3.14 bits per heavy atom. The molecular weight excluding hydrogens is 178 g/mol. The second-order valence-corrected chi connectivity index (χ2v) is 3.58. The minimum atomic E-state index is 0.188. The number of nitrogens with one attached hydrogen (secondary N) is 1. The van der Waals surface area contributed by atoms with Gasteiger partial charge >= 0.3 is 0 Å². The highest BCUT2D eigenvalue weighted by molar-refractivity contribution is 5.39. The van der Waals surface area contributed by atoms with E-state index in [-0.39, 0.29) is 12.5 Å². The van der Waals surface area contributed by atoms with Crippen LogP contribution in [0.1, 0.15) is 17.0 Å². The van der Waals surface area contributed by atoms with E-state index in [0.29, 0.717) is 0 Å². The zero-order valence-corrected chi connectivity index (χ0v) is 8.29. The van der Waals surface area contributed by atoms with Crippen molar-refractivity contribution in [1.29, 1.82) is 0 Å². The molecule has 1 aromatic rings. The third kappa shape index (κ3) is 1.61. The Kier molecular flexibility index (Phi) is 2.70. The van der Waals surface area contributed by atoms with Crippen LogP contribution >= 0.6 is 0 Å². The van der Waals surface area contributed by atoms with Crippen LogP contribution in [-0.2, 0) is 6.54 Å². The van der Waals surface area contributed by atoms with Crippen molar-refractivity contribution in [1.82, 2.24) is 5.32 Å². The highest BCUT2D eigenvalue weighted by Gasteiger charge is 2.19. The van der Waals surface area contributed by atoms with Gasteiger partial charge in [-0.05, 0) is 23.3 Å². The standard InChI is InChI=1S/C11H15NO2/c1-14-10-3-2-8-5-12-6-9(7-13)11(8)4-10/h2-4,9,12-13H,5-7H2,1H3. The second-order valence-electron chi connectivity index (χ2n) is 3.58. The lowest BCUT2D eigenvalue weighted by Crippen LogP contribution is -2.29. The molecule has 14 heavy (non-hydrogen) atoms. The maximum atomic E-state index is 9.22. The van der Waals surface area contributed by atoms with E-state index < -0.39 is 0 Å². The molecule has 0 aromatic heterocycles. The molecule has 1 unspecified atom stereocenters. The van der Waals surface area contributed by atoms with E-state index >= 15 is 0 Å². The van der Waals surface area contributed by atoms with Gasteiger partial charge in [0.2, 0.25) is 0 Å². The van der Waals surface area contributed by atoms with E-state index in [1.807, 2.05) is 12.1 Å². The first-order valence-corrected chi connectivity index (χ1v) is 4.83. The van der Waals surface area contributed by atoms with Crippen molar-refractivity contribution >= 4 is 0 Å². The number of benzene rings is 1. The summed E-state index contributed by atoms with van der Waals surface area (Å²) in [5, 5.41) is 12.5. The Morgan fingerprint density at radius 2 is 2.43 bits per heavy atom. The predicted molar refractivity (Wildman–Crippen MR) is 54.5 cm³/mol. The summed E-state index contributed by atoms with van der Waals surface area (Å²) in [6, 6.07) is 6.04. The van der Waals surface area contributed by atoms with Crippen molar-refractivity contribution in [2.45, 2.75) is 12.5 Å². The molecule has 0 bridgehead atoms. The van der Waals surface area contributed by atoms with E-state index in [1.165, 1.54) is 11.1 Å². The molecule has 76 valence electrons. The van der Waals surface area contributed by atoms with Crippen LogP contribution in [0, 0.1) is 0 Å². The Hall–Kier alpha value is -1.06. The van der Waals surface area contributed by atoms with Crippen molar-refractivity contribution in [3.05, 3.63) is 29.3 Å². The first-order chi connectivity index (χ1) is 6.85. The summed E-state index contributed by atoms with van der Waals surface area (Å²) in [7, 11) is 1.66. The smallest absolute Gasteiger partial charge is 0.119 e. The minimum absolute atomic E-state index is 0.188. The fraction of sp³-hybridized carbons (Fsp3) is 0.455. The summed E-state index contributed by atoms with van der Waals surface area (Å²) in [5.41, 5.74) is 2.47. The molecule has 1 aromatic carbocycles. The van der Waals surface area contributed by atoms with Crippen LogP contribution in [0.25, 0.3) is 0 Å². The zero-order chi connectivity index (χ0) is 9.97. The van der Waals surface area contributed by atoms with Crippen LogP contribution in [0.2, 0.25) is 0 Å². The third-order valence-electron chi connectivity index (χ3n) is 2.72. The lowest BCUT2D eigenvalue weighted by atomic mass is 9.91. The summed E-state index contributed by atoms with van der Waals surface area (Å²) < 4.78 is 5.17. The average Bonchev–Trinajstić information content (AvgIpc) is 2.27. The Bertz CT molecular complexity index is 325. The first kappa shape index (κ1) is 9.49. The number of fused-ring (bicyclic) bond motifs is 1. The fourth-order valence-corrected chi connectivity index (χ4v) is 1.89. The lowest BCUT2D eigenvalue weighted by molar-refractivity contribution is 0.256. The van der Waals surface area contributed by atoms with Gasteiger partial charge in [0.1, 0.15) is 5.75 Å². The van der Waals surface area contributed by atoms with Crippen LogP contribution in [0.15, 0.2) is 18.2 Å². The van der Waals surface area contributed by atoms with E-state index in [9.17, 15) is 5.11 Å². The van der Waals surface area contributed by atoms with Gasteiger partial charge in [0.05, 0.1) is 13.7 Å². The summed E-state index contributed by atoms with van der Waals surface area (Å²) in [6.07, 6.45) is 0.